The molecule has 0 spiro atoms. The molecule has 0 radical (unpaired) electrons. The average molecular weight is 301 g/mol. The van der Waals surface area contributed by atoms with Crippen LogP contribution in [-0.4, -0.2) is 41.9 Å². The number of aliphatic hydroxyl groups excluding tert-OH is 1. The maximum Gasteiger partial charge on any atom is 0.156 e. The molecule has 0 saturated heterocycles. The molecule has 2 aromatic rings. The minimum absolute atomic E-state index is 0.0947. The van der Waals surface area contributed by atoms with Gasteiger partial charge in [-0.3, -0.25) is 0 Å². The predicted octanol–water partition coefficient (Wildman–Crippen LogP) is 1.97. The molecule has 5 heteroatoms. The third-order valence-electron chi connectivity index (χ3n) is 3.37. The number of aromatic nitrogens is 2. The number of anilines is 1. The number of hydrogen-bond donors (Lipinski definition) is 1. The molecule has 118 valence electrons. The lowest BCUT2D eigenvalue weighted by Crippen LogP contribution is -2.30. The summed E-state index contributed by atoms with van der Waals surface area (Å²) in [5.74, 6) is 1.50. The summed E-state index contributed by atoms with van der Waals surface area (Å²) in [5, 5.41) is 9.33. The summed E-state index contributed by atoms with van der Waals surface area (Å²) in [6.07, 6.45) is 0.906. The van der Waals surface area contributed by atoms with E-state index < -0.39 is 0 Å². The van der Waals surface area contributed by atoms with E-state index in [1.807, 2.05) is 31.2 Å². The molecule has 1 aromatic heterocycles. The van der Waals surface area contributed by atoms with Gasteiger partial charge < -0.3 is 14.7 Å². The summed E-state index contributed by atoms with van der Waals surface area (Å²) in [7, 11) is 1.63. The van der Waals surface area contributed by atoms with Crippen molar-refractivity contribution >= 4 is 5.82 Å². The second-order valence-corrected chi connectivity index (χ2v) is 5.16. The first-order valence-corrected chi connectivity index (χ1v) is 7.46. The molecule has 0 fully saturated rings. The molecule has 0 atom stereocenters. The summed E-state index contributed by atoms with van der Waals surface area (Å²) in [6.45, 7) is 3.78. The molecule has 1 aromatic carbocycles. The Hall–Kier alpha value is -1.98. The van der Waals surface area contributed by atoms with Crippen LogP contribution in [0.4, 0.5) is 5.82 Å². The van der Waals surface area contributed by atoms with Crippen molar-refractivity contribution in [1.29, 1.82) is 0 Å². The van der Waals surface area contributed by atoms with Gasteiger partial charge in [-0.1, -0.05) is 30.3 Å². The number of hydrogen-bond acceptors (Lipinski definition) is 5. The maximum absolute atomic E-state index is 9.33. The number of benzene rings is 1. The normalized spacial score (nSPS) is 10.7. The minimum Gasteiger partial charge on any atom is -0.395 e. The van der Waals surface area contributed by atoms with E-state index in [1.165, 1.54) is 5.56 Å². The van der Waals surface area contributed by atoms with Crippen molar-refractivity contribution in [3.63, 3.8) is 0 Å². The van der Waals surface area contributed by atoms with Gasteiger partial charge in [0.05, 0.1) is 6.61 Å². The Morgan fingerprint density at radius 3 is 2.59 bits per heavy atom. The van der Waals surface area contributed by atoms with Gasteiger partial charge in [-0.15, -0.1) is 0 Å². The highest BCUT2D eigenvalue weighted by Crippen LogP contribution is 2.14. The summed E-state index contributed by atoms with van der Waals surface area (Å²) in [6, 6.07) is 12.3. The Bertz CT molecular complexity index is 575. The van der Waals surface area contributed by atoms with E-state index in [4.69, 9.17) is 4.74 Å². The second-order valence-electron chi connectivity index (χ2n) is 5.16. The molecular formula is C17H23N3O2. The Morgan fingerprint density at radius 2 is 1.91 bits per heavy atom. The van der Waals surface area contributed by atoms with E-state index in [-0.39, 0.29) is 6.61 Å². The molecule has 1 N–H and O–H groups in total. The number of rotatable bonds is 8. The average Bonchev–Trinajstić information content (AvgIpc) is 2.52. The lowest BCUT2D eigenvalue weighted by molar-refractivity contribution is 0.177. The van der Waals surface area contributed by atoms with Crippen LogP contribution in [0.1, 0.15) is 17.1 Å². The number of ether oxygens (including phenoxy) is 1. The molecule has 0 aliphatic carbocycles. The first-order valence-electron chi connectivity index (χ1n) is 7.46. The molecule has 1 heterocycles. The van der Waals surface area contributed by atoms with Gasteiger partial charge in [-0.25, -0.2) is 9.97 Å². The van der Waals surface area contributed by atoms with Gasteiger partial charge in [0, 0.05) is 32.0 Å². The number of aliphatic hydroxyl groups is 1. The van der Waals surface area contributed by atoms with Gasteiger partial charge in [-0.05, 0) is 18.9 Å². The Kier molecular flexibility index (Phi) is 6.30. The lowest BCUT2D eigenvalue weighted by atomic mass is 10.1. The van der Waals surface area contributed by atoms with Crippen molar-refractivity contribution in [2.45, 2.75) is 20.0 Å². The number of aryl methyl sites for hydroxylation is 1. The zero-order valence-electron chi connectivity index (χ0n) is 13.2. The van der Waals surface area contributed by atoms with Gasteiger partial charge in [0.15, 0.2) is 5.82 Å². The summed E-state index contributed by atoms with van der Waals surface area (Å²) >= 11 is 0. The molecule has 5 nitrogen and oxygen atoms in total. The number of nitrogens with zero attached hydrogens (tertiary/aromatic N) is 3. The Labute approximate surface area is 131 Å². The smallest absolute Gasteiger partial charge is 0.156 e. The van der Waals surface area contributed by atoms with Crippen molar-refractivity contribution in [3.8, 4) is 0 Å². The highest BCUT2D eigenvalue weighted by molar-refractivity contribution is 5.40. The fourth-order valence-electron chi connectivity index (χ4n) is 2.34. The van der Waals surface area contributed by atoms with Crippen LogP contribution >= 0.6 is 0 Å². The van der Waals surface area contributed by atoms with Crippen LogP contribution in [0.2, 0.25) is 0 Å². The third-order valence-corrected chi connectivity index (χ3v) is 3.37. The maximum atomic E-state index is 9.33. The minimum atomic E-state index is 0.0947. The van der Waals surface area contributed by atoms with E-state index in [0.29, 0.717) is 19.0 Å². The third kappa shape index (κ3) is 4.79. The fourth-order valence-corrected chi connectivity index (χ4v) is 2.34. The van der Waals surface area contributed by atoms with Gasteiger partial charge in [0.25, 0.3) is 0 Å². The van der Waals surface area contributed by atoms with Crippen molar-refractivity contribution in [3.05, 3.63) is 53.5 Å². The van der Waals surface area contributed by atoms with Crippen LogP contribution < -0.4 is 4.90 Å². The predicted molar refractivity (Wildman–Crippen MR) is 86.9 cm³/mol. The van der Waals surface area contributed by atoms with Crippen LogP contribution in [0.25, 0.3) is 0 Å². The highest BCUT2D eigenvalue weighted by atomic mass is 16.5. The summed E-state index contributed by atoms with van der Waals surface area (Å²) in [5.41, 5.74) is 2.17. The SMILES string of the molecule is COCc1nc(C)cc(N(CCO)CCc2ccccc2)n1. The standard InChI is InChI=1S/C17H23N3O2/c1-14-12-17(19-16(18-14)13-22-2)20(10-11-21)9-8-15-6-4-3-5-7-15/h3-7,12,21H,8-11,13H2,1-2H3. The molecule has 0 aliphatic heterocycles. The number of methoxy groups -OCH3 is 1. The molecule has 0 unspecified atom stereocenters. The molecule has 0 amide bonds. The van der Waals surface area contributed by atoms with E-state index in [0.717, 1.165) is 24.5 Å². The molecule has 0 aliphatic rings. The van der Waals surface area contributed by atoms with E-state index in [1.54, 1.807) is 7.11 Å². The zero-order valence-corrected chi connectivity index (χ0v) is 13.2. The molecule has 22 heavy (non-hydrogen) atoms. The van der Waals surface area contributed by atoms with E-state index in [2.05, 4.69) is 27.0 Å². The fraction of sp³-hybridized carbons (Fsp3) is 0.412. The largest absolute Gasteiger partial charge is 0.395 e. The quantitative estimate of drug-likeness (QED) is 0.808. The summed E-state index contributed by atoms with van der Waals surface area (Å²) in [4.78, 5) is 11.0. The van der Waals surface area contributed by atoms with E-state index >= 15 is 0 Å². The monoisotopic (exact) mass is 301 g/mol. The van der Waals surface area contributed by atoms with Crippen LogP contribution in [0.5, 0.6) is 0 Å². The molecule has 0 bridgehead atoms. The van der Waals surface area contributed by atoms with Gasteiger partial charge >= 0.3 is 0 Å². The topological polar surface area (TPSA) is 58.5 Å². The molecule has 0 saturated carbocycles. The Morgan fingerprint density at radius 1 is 1.14 bits per heavy atom. The molecular weight excluding hydrogens is 278 g/mol. The van der Waals surface area contributed by atoms with Gasteiger partial charge in [0.2, 0.25) is 0 Å². The van der Waals surface area contributed by atoms with Crippen LogP contribution in [0.3, 0.4) is 0 Å². The van der Waals surface area contributed by atoms with Crippen molar-refractivity contribution < 1.29 is 9.84 Å². The first kappa shape index (κ1) is 16.4. The Balaban J connectivity index is 2.12. The van der Waals surface area contributed by atoms with E-state index in [9.17, 15) is 5.11 Å². The van der Waals surface area contributed by atoms with Gasteiger partial charge in [0.1, 0.15) is 12.4 Å². The van der Waals surface area contributed by atoms with Crippen molar-refractivity contribution in [2.75, 3.05) is 31.7 Å². The van der Waals surface area contributed by atoms with Crippen LogP contribution in [-0.2, 0) is 17.8 Å². The van der Waals surface area contributed by atoms with Crippen molar-refractivity contribution in [1.82, 2.24) is 9.97 Å². The lowest BCUT2D eigenvalue weighted by Gasteiger charge is -2.23. The van der Waals surface area contributed by atoms with Crippen LogP contribution in [0.15, 0.2) is 36.4 Å². The highest BCUT2D eigenvalue weighted by Gasteiger charge is 2.10. The first-order chi connectivity index (χ1) is 10.7. The van der Waals surface area contributed by atoms with Crippen molar-refractivity contribution in [2.24, 2.45) is 0 Å². The van der Waals surface area contributed by atoms with Crippen LogP contribution in [0, 0.1) is 6.92 Å². The summed E-state index contributed by atoms with van der Waals surface area (Å²) < 4.78 is 5.11. The molecule has 2 rings (SSSR count). The second kappa shape index (κ2) is 8.46. The van der Waals surface area contributed by atoms with Gasteiger partial charge in [-0.2, -0.15) is 0 Å². The zero-order chi connectivity index (χ0) is 15.8.